The number of hydrogen-bond acceptors (Lipinski definition) is 4. The van der Waals surface area contributed by atoms with Gasteiger partial charge < -0.3 is 10.1 Å². The van der Waals surface area contributed by atoms with Crippen molar-refractivity contribution in [2.24, 2.45) is 0 Å². The highest BCUT2D eigenvalue weighted by molar-refractivity contribution is 6.31. The molecule has 6 nitrogen and oxygen atoms in total. The van der Waals surface area contributed by atoms with Crippen molar-refractivity contribution in [3.63, 3.8) is 0 Å². The van der Waals surface area contributed by atoms with E-state index in [-0.39, 0.29) is 5.69 Å². The van der Waals surface area contributed by atoms with Crippen LogP contribution in [0.4, 0.5) is 18.9 Å². The van der Waals surface area contributed by atoms with Crippen LogP contribution in [0.2, 0.25) is 5.02 Å². The second kappa shape index (κ2) is 8.58. The molecule has 0 aliphatic heterocycles. The van der Waals surface area contributed by atoms with E-state index in [9.17, 15) is 22.8 Å². The van der Waals surface area contributed by atoms with Crippen molar-refractivity contribution in [1.82, 2.24) is 9.78 Å². The van der Waals surface area contributed by atoms with Crippen molar-refractivity contribution in [2.45, 2.75) is 12.7 Å². The molecule has 0 unspecified atom stereocenters. The van der Waals surface area contributed by atoms with Crippen LogP contribution < -0.4 is 15.6 Å². The highest BCUT2D eigenvalue weighted by atomic mass is 35.5. The van der Waals surface area contributed by atoms with Crippen molar-refractivity contribution < 1.29 is 22.7 Å². The zero-order valence-corrected chi connectivity index (χ0v) is 16.3. The highest BCUT2D eigenvalue weighted by Crippen LogP contribution is 2.36. The normalized spacial score (nSPS) is 11.2. The molecular formula is C20H15ClF3N3O3. The molecule has 30 heavy (non-hydrogen) atoms. The first-order valence-electron chi connectivity index (χ1n) is 8.56. The molecule has 2 aromatic carbocycles. The Kier molecular flexibility index (Phi) is 6.12. The van der Waals surface area contributed by atoms with Gasteiger partial charge in [-0.15, -0.1) is 0 Å². The molecule has 1 heterocycles. The first-order chi connectivity index (χ1) is 14.2. The van der Waals surface area contributed by atoms with Gasteiger partial charge in [-0.05, 0) is 36.4 Å². The van der Waals surface area contributed by atoms with Crippen LogP contribution in [-0.2, 0) is 17.5 Å². The molecule has 0 fully saturated rings. The van der Waals surface area contributed by atoms with Crippen molar-refractivity contribution in [1.29, 1.82) is 0 Å². The van der Waals surface area contributed by atoms with Crippen LogP contribution in [0.15, 0.2) is 59.4 Å². The number of benzene rings is 2. The van der Waals surface area contributed by atoms with Crippen LogP contribution in [0.25, 0.3) is 11.3 Å². The molecular weight excluding hydrogens is 423 g/mol. The summed E-state index contributed by atoms with van der Waals surface area (Å²) in [6.07, 6.45) is -4.67. The molecule has 1 amide bonds. The molecule has 0 saturated carbocycles. The molecule has 3 aromatic rings. The Labute approximate surface area is 173 Å². The van der Waals surface area contributed by atoms with E-state index >= 15 is 0 Å². The minimum atomic E-state index is -4.67. The van der Waals surface area contributed by atoms with Gasteiger partial charge in [0.15, 0.2) is 0 Å². The quantitative estimate of drug-likeness (QED) is 0.648. The maximum absolute atomic E-state index is 13.0. The SMILES string of the molecule is COc1cccc(-c2ccc(=O)n(CC(=O)Nc3ccc(Cl)c(C(F)(F)F)c3)n2)c1. The molecule has 0 bridgehead atoms. The highest BCUT2D eigenvalue weighted by Gasteiger charge is 2.33. The maximum Gasteiger partial charge on any atom is 0.417 e. The van der Waals surface area contributed by atoms with Crippen LogP contribution in [0.1, 0.15) is 5.56 Å². The summed E-state index contributed by atoms with van der Waals surface area (Å²) in [6, 6.07) is 12.7. The lowest BCUT2D eigenvalue weighted by Gasteiger charge is -2.12. The number of hydrogen-bond donors (Lipinski definition) is 1. The van der Waals surface area contributed by atoms with Gasteiger partial charge in [0.2, 0.25) is 5.91 Å². The molecule has 1 aromatic heterocycles. The minimum Gasteiger partial charge on any atom is -0.497 e. The van der Waals surface area contributed by atoms with E-state index in [2.05, 4.69) is 10.4 Å². The van der Waals surface area contributed by atoms with E-state index < -0.39 is 34.8 Å². The fourth-order valence-corrected chi connectivity index (χ4v) is 2.88. The van der Waals surface area contributed by atoms with E-state index in [1.807, 2.05) is 0 Å². The number of methoxy groups -OCH3 is 1. The molecule has 0 aliphatic carbocycles. The van der Waals surface area contributed by atoms with Crippen molar-refractivity contribution >= 4 is 23.2 Å². The maximum atomic E-state index is 13.0. The molecule has 10 heteroatoms. The van der Waals surface area contributed by atoms with Crippen LogP contribution >= 0.6 is 11.6 Å². The van der Waals surface area contributed by atoms with Gasteiger partial charge in [-0.25, -0.2) is 4.68 Å². The van der Waals surface area contributed by atoms with Gasteiger partial charge in [0.25, 0.3) is 5.56 Å². The monoisotopic (exact) mass is 437 g/mol. The summed E-state index contributed by atoms with van der Waals surface area (Å²) in [5.74, 6) is -0.129. The minimum absolute atomic E-state index is 0.103. The number of alkyl halides is 3. The Morgan fingerprint density at radius 1 is 1.17 bits per heavy atom. The smallest absolute Gasteiger partial charge is 0.417 e. The third kappa shape index (κ3) is 4.98. The Hall–Kier alpha value is -3.33. The summed E-state index contributed by atoms with van der Waals surface area (Å²) in [5.41, 5.74) is -0.627. The van der Waals surface area contributed by atoms with Crippen molar-refractivity contribution in [3.05, 3.63) is 75.5 Å². The third-order valence-corrected chi connectivity index (χ3v) is 4.41. The lowest BCUT2D eigenvalue weighted by Crippen LogP contribution is -2.29. The van der Waals surface area contributed by atoms with Crippen LogP contribution in [0.5, 0.6) is 5.75 Å². The summed E-state index contributed by atoms with van der Waals surface area (Å²) >= 11 is 5.57. The summed E-state index contributed by atoms with van der Waals surface area (Å²) in [4.78, 5) is 24.4. The molecule has 0 radical (unpaired) electrons. The zero-order valence-electron chi connectivity index (χ0n) is 15.5. The van der Waals surface area contributed by atoms with Gasteiger partial charge in [0.05, 0.1) is 23.4 Å². The number of anilines is 1. The zero-order chi connectivity index (χ0) is 21.9. The fourth-order valence-electron chi connectivity index (χ4n) is 2.66. The van der Waals surface area contributed by atoms with E-state index in [1.54, 1.807) is 24.3 Å². The summed E-state index contributed by atoms with van der Waals surface area (Å²) in [5, 5.41) is 5.99. The molecule has 0 spiro atoms. The fraction of sp³-hybridized carbons (Fsp3) is 0.150. The number of amides is 1. The number of ether oxygens (including phenoxy) is 1. The second-order valence-corrected chi connectivity index (χ2v) is 6.59. The first-order valence-corrected chi connectivity index (χ1v) is 8.94. The average Bonchev–Trinajstić information content (AvgIpc) is 2.70. The van der Waals surface area contributed by atoms with Gasteiger partial charge in [-0.2, -0.15) is 18.3 Å². The molecule has 0 atom stereocenters. The van der Waals surface area contributed by atoms with Crippen LogP contribution in [-0.4, -0.2) is 22.8 Å². The van der Waals surface area contributed by atoms with Crippen molar-refractivity contribution in [3.8, 4) is 17.0 Å². The number of halogens is 4. The summed E-state index contributed by atoms with van der Waals surface area (Å²) in [7, 11) is 1.51. The van der Waals surface area contributed by atoms with Crippen LogP contribution in [0.3, 0.4) is 0 Å². The van der Waals surface area contributed by atoms with Gasteiger partial charge >= 0.3 is 6.18 Å². The summed E-state index contributed by atoms with van der Waals surface area (Å²) < 4.78 is 45.0. The van der Waals surface area contributed by atoms with E-state index in [0.717, 1.165) is 16.8 Å². The second-order valence-electron chi connectivity index (χ2n) is 6.19. The topological polar surface area (TPSA) is 73.2 Å². The number of nitrogens with zero attached hydrogens (tertiary/aromatic N) is 2. The van der Waals surface area contributed by atoms with Gasteiger partial charge in [0, 0.05) is 17.3 Å². The lowest BCUT2D eigenvalue weighted by atomic mass is 10.1. The number of carbonyl (C=O) groups excluding carboxylic acids is 1. The molecule has 3 rings (SSSR count). The Bertz CT molecular complexity index is 1150. The van der Waals surface area contributed by atoms with E-state index in [0.29, 0.717) is 17.0 Å². The third-order valence-electron chi connectivity index (χ3n) is 4.08. The molecule has 1 N–H and O–H groups in total. The van der Waals surface area contributed by atoms with Crippen molar-refractivity contribution in [2.75, 3.05) is 12.4 Å². The van der Waals surface area contributed by atoms with E-state index in [4.69, 9.17) is 16.3 Å². The lowest BCUT2D eigenvalue weighted by molar-refractivity contribution is -0.137. The number of nitrogens with one attached hydrogen (secondary N) is 1. The Morgan fingerprint density at radius 2 is 1.93 bits per heavy atom. The molecule has 0 saturated heterocycles. The number of aromatic nitrogens is 2. The van der Waals surface area contributed by atoms with Gasteiger partial charge in [-0.3, -0.25) is 9.59 Å². The number of rotatable bonds is 5. The molecule has 0 aliphatic rings. The number of carbonyl (C=O) groups is 1. The predicted molar refractivity (Wildman–Crippen MR) is 106 cm³/mol. The molecule has 156 valence electrons. The van der Waals surface area contributed by atoms with Crippen LogP contribution in [0, 0.1) is 0 Å². The standard InChI is InChI=1S/C20H15ClF3N3O3/c1-30-14-4-2-3-12(9-14)17-7-8-19(29)27(26-17)11-18(28)25-13-5-6-16(21)15(10-13)20(22,23)24/h2-10H,11H2,1H3,(H,25,28). The Balaban J connectivity index is 1.81. The van der Waals surface area contributed by atoms with E-state index in [1.165, 1.54) is 25.3 Å². The largest absolute Gasteiger partial charge is 0.497 e. The Morgan fingerprint density at radius 3 is 2.63 bits per heavy atom. The predicted octanol–water partition coefficient (Wildman–Crippen LogP) is 4.23. The van der Waals surface area contributed by atoms with Gasteiger partial charge in [-0.1, -0.05) is 23.7 Å². The first kappa shape index (κ1) is 21.4. The summed E-state index contributed by atoms with van der Waals surface area (Å²) in [6.45, 7) is -0.485. The van der Waals surface area contributed by atoms with Gasteiger partial charge in [0.1, 0.15) is 12.3 Å². The average molecular weight is 438 g/mol.